The Balaban J connectivity index is 1.73. The van der Waals surface area contributed by atoms with Crippen molar-refractivity contribution in [3.63, 3.8) is 0 Å². The van der Waals surface area contributed by atoms with Crippen LogP contribution in [0.15, 0.2) is 48.5 Å². The lowest BCUT2D eigenvalue weighted by atomic mass is 10.1. The lowest BCUT2D eigenvalue weighted by Crippen LogP contribution is -2.07. The quantitative estimate of drug-likeness (QED) is 0.591. The molecule has 6 heteroatoms. The second kappa shape index (κ2) is 8.71. The molecule has 1 amide bonds. The molecule has 0 bridgehead atoms. The molecule has 0 radical (unpaired) electrons. The number of thiazole rings is 1. The van der Waals surface area contributed by atoms with Crippen LogP contribution in [0.2, 0.25) is 0 Å². The van der Waals surface area contributed by atoms with Crippen LogP contribution in [0.3, 0.4) is 0 Å². The number of nitrogens with zero attached hydrogens (tertiary/aromatic N) is 1. The second-order valence-electron chi connectivity index (χ2n) is 6.22. The highest BCUT2D eigenvalue weighted by Gasteiger charge is 2.11. The molecule has 5 nitrogen and oxygen atoms in total. The molecule has 0 atom stereocenters. The van der Waals surface area contributed by atoms with Crippen LogP contribution in [0.5, 0.6) is 11.5 Å². The molecule has 28 heavy (non-hydrogen) atoms. The van der Waals surface area contributed by atoms with E-state index >= 15 is 0 Å². The third kappa shape index (κ3) is 4.58. The molecule has 0 spiro atoms. The SMILES string of the molecule is COc1ccc(C=CC(=O)Nc2nc(-c3ccc(C)cc3)c(C)s2)c(OC)c1. The summed E-state index contributed by atoms with van der Waals surface area (Å²) in [6.45, 7) is 4.05. The zero-order chi connectivity index (χ0) is 20.1. The molecule has 1 aromatic heterocycles. The van der Waals surface area contributed by atoms with Crippen LogP contribution in [0.1, 0.15) is 16.0 Å². The number of nitrogens with one attached hydrogen (secondary N) is 1. The van der Waals surface area contributed by atoms with Gasteiger partial charge in [-0.3, -0.25) is 10.1 Å². The van der Waals surface area contributed by atoms with Gasteiger partial charge in [-0.15, -0.1) is 11.3 Å². The standard InChI is InChI=1S/C22H22N2O3S/c1-14-5-7-17(8-6-14)21-15(2)28-22(24-21)23-20(25)12-10-16-9-11-18(26-3)13-19(16)27-4/h5-13H,1-4H3,(H,23,24,25). The van der Waals surface area contributed by atoms with E-state index in [1.54, 1.807) is 26.4 Å². The molecule has 0 fully saturated rings. The van der Waals surface area contributed by atoms with Crippen molar-refractivity contribution in [1.29, 1.82) is 0 Å². The Hall–Kier alpha value is -3.12. The van der Waals surface area contributed by atoms with Gasteiger partial charge < -0.3 is 9.47 Å². The number of anilines is 1. The van der Waals surface area contributed by atoms with E-state index in [2.05, 4.69) is 22.4 Å². The molecule has 0 aliphatic heterocycles. The van der Waals surface area contributed by atoms with E-state index in [1.165, 1.54) is 23.0 Å². The fourth-order valence-electron chi connectivity index (χ4n) is 2.70. The Morgan fingerprint density at radius 1 is 1.07 bits per heavy atom. The van der Waals surface area contributed by atoms with E-state index < -0.39 is 0 Å². The third-order valence-corrected chi connectivity index (χ3v) is 5.09. The minimum absolute atomic E-state index is 0.248. The number of amides is 1. The Morgan fingerprint density at radius 3 is 2.50 bits per heavy atom. The normalized spacial score (nSPS) is 10.9. The van der Waals surface area contributed by atoms with Gasteiger partial charge in [-0.1, -0.05) is 29.8 Å². The van der Waals surface area contributed by atoms with Gasteiger partial charge in [0.05, 0.1) is 19.9 Å². The van der Waals surface area contributed by atoms with Crippen molar-refractivity contribution >= 4 is 28.5 Å². The molecule has 0 aliphatic rings. The number of ether oxygens (including phenoxy) is 2. The number of rotatable bonds is 6. The first kappa shape index (κ1) is 19.6. The molecular weight excluding hydrogens is 372 g/mol. The van der Waals surface area contributed by atoms with Crippen LogP contribution in [-0.2, 0) is 4.79 Å². The minimum atomic E-state index is -0.248. The van der Waals surface area contributed by atoms with E-state index in [4.69, 9.17) is 9.47 Å². The largest absolute Gasteiger partial charge is 0.497 e. The molecule has 144 valence electrons. The maximum atomic E-state index is 12.3. The molecule has 1 heterocycles. The van der Waals surface area contributed by atoms with Gasteiger partial charge in [0.15, 0.2) is 5.13 Å². The predicted molar refractivity (Wildman–Crippen MR) is 114 cm³/mol. The average Bonchev–Trinajstić information content (AvgIpc) is 3.06. The van der Waals surface area contributed by atoms with Crippen LogP contribution in [-0.4, -0.2) is 25.1 Å². The summed E-state index contributed by atoms with van der Waals surface area (Å²) in [5.41, 5.74) is 3.91. The first-order valence-corrected chi connectivity index (χ1v) is 9.57. The number of carbonyl (C=O) groups excluding carboxylic acids is 1. The summed E-state index contributed by atoms with van der Waals surface area (Å²) >= 11 is 1.46. The predicted octanol–water partition coefficient (Wildman–Crippen LogP) is 5.10. The smallest absolute Gasteiger partial charge is 0.250 e. The van der Waals surface area contributed by atoms with Gasteiger partial charge in [-0.05, 0) is 32.1 Å². The van der Waals surface area contributed by atoms with E-state index in [1.807, 2.05) is 38.1 Å². The van der Waals surface area contributed by atoms with Crippen molar-refractivity contribution in [2.45, 2.75) is 13.8 Å². The molecule has 0 saturated heterocycles. The van der Waals surface area contributed by atoms with Gasteiger partial charge in [0, 0.05) is 28.1 Å². The monoisotopic (exact) mass is 394 g/mol. The highest BCUT2D eigenvalue weighted by Crippen LogP contribution is 2.30. The van der Waals surface area contributed by atoms with Gasteiger partial charge in [-0.25, -0.2) is 4.98 Å². The van der Waals surface area contributed by atoms with E-state index in [0.29, 0.717) is 16.6 Å². The number of aryl methyl sites for hydroxylation is 2. The second-order valence-corrected chi connectivity index (χ2v) is 7.42. The van der Waals surface area contributed by atoms with Crippen molar-refractivity contribution in [3.05, 3.63) is 64.5 Å². The summed E-state index contributed by atoms with van der Waals surface area (Å²) < 4.78 is 10.5. The van der Waals surface area contributed by atoms with Crippen molar-refractivity contribution < 1.29 is 14.3 Å². The van der Waals surface area contributed by atoms with Gasteiger partial charge in [0.1, 0.15) is 11.5 Å². The fraction of sp³-hybridized carbons (Fsp3) is 0.182. The molecular formula is C22H22N2O3S. The lowest BCUT2D eigenvalue weighted by molar-refractivity contribution is -0.111. The Labute approximate surface area is 168 Å². The molecule has 3 aromatic rings. The number of benzene rings is 2. The molecule has 0 saturated carbocycles. The average molecular weight is 394 g/mol. The van der Waals surface area contributed by atoms with Gasteiger partial charge in [0.2, 0.25) is 5.91 Å². The summed E-state index contributed by atoms with van der Waals surface area (Å²) in [5, 5.41) is 3.40. The van der Waals surface area contributed by atoms with Crippen LogP contribution >= 0.6 is 11.3 Å². The van der Waals surface area contributed by atoms with Gasteiger partial charge in [0.25, 0.3) is 0 Å². The topological polar surface area (TPSA) is 60.5 Å². The number of carbonyl (C=O) groups is 1. The summed E-state index contributed by atoms with van der Waals surface area (Å²) in [6, 6.07) is 13.6. The van der Waals surface area contributed by atoms with E-state index in [-0.39, 0.29) is 5.91 Å². The highest BCUT2D eigenvalue weighted by atomic mass is 32.1. The van der Waals surface area contributed by atoms with Crippen molar-refractivity contribution in [1.82, 2.24) is 4.98 Å². The molecule has 0 unspecified atom stereocenters. The Kier molecular flexibility index (Phi) is 6.11. The molecule has 1 N–H and O–H groups in total. The zero-order valence-corrected chi connectivity index (χ0v) is 17.1. The zero-order valence-electron chi connectivity index (χ0n) is 16.3. The summed E-state index contributed by atoms with van der Waals surface area (Å²) in [7, 11) is 3.18. The lowest BCUT2D eigenvalue weighted by Gasteiger charge is -2.07. The Bertz CT molecular complexity index is 1010. The van der Waals surface area contributed by atoms with Crippen LogP contribution < -0.4 is 14.8 Å². The van der Waals surface area contributed by atoms with Gasteiger partial charge >= 0.3 is 0 Å². The minimum Gasteiger partial charge on any atom is -0.497 e. The maximum absolute atomic E-state index is 12.3. The van der Waals surface area contributed by atoms with Crippen molar-refractivity contribution in [3.8, 4) is 22.8 Å². The summed E-state index contributed by atoms with van der Waals surface area (Å²) in [5.74, 6) is 1.08. The third-order valence-electron chi connectivity index (χ3n) is 4.21. The summed E-state index contributed by atoms with van der Waals surface area (Å²) in [6.07, 6.45) is 3.17. The van der Waals surface area contributed by atoms with E-state index in [9.17, 15) is 4.79 Å². The number of methoxy groups -OCH3 is 2. The highest BCUT2D eigenvalue weighted by molar-refractivity contribution is 7.16. The first-order valence-electron chi connectivity index (χ1n) is 8.75. The van der Waals surface area contributed by atoms with Crippen molar-refractivity contribution in [2.75, 3.05) is 19.5 Å². The number of aromatic nitrogens is 1. The van der Waals surface area contributed by atoms with Crippen LogP contribution in [0, 0.1) is 13.8 Å². The molecule has 3 rings (SSSR count). The van der Waals surface area contributed by atoms with Crippen molar-refractivity contribution in [2.24, 2.45) is 0 Å². The van der Waals surface area contributed by atoms with E-state index in [0.717, 1.165) is 21.7 Å². The maximum Gasteiger partial charge on any atom is 0.250 e. The molecule has 2 aromatic carbocycles. The number of hydrogen-bond donors (Lipinski definition) is 1. The summed E-state index contributed by atoms with van der Waals surface area (Å²) in [4.78, 5) is 17.9. The number of hydrogen-bond acceptors (Lipinski definition) is 5. The Morgan fingerprint density at radius 2 is 1.82 bits per heavy atom. The first-order chi connectivity index (χ1) is 13.5. The van der Waals surface area contributed by atoms with Gasteiger partial charge in [-0.2, -0.15) is 0 Å². The van der Waals surface area contributed by atoms with Crippen LogP contribution in [0.4, 0.5) is 5.13 Å². The van der Waals surface area contributed by atoms with Crippen LogP contribution in [0.25, 0.3) is 17.3 Å². The molecule has 0 aliphatic carbocycles. The fourth-order valence-corrected chi connectivity index (χ4v) is 3.54.